The van der Waals surface area contributed by atoms with Gasteiger partial charge in [-0.2, -0.15) is 0 Å². The number of ether oxygens (including phenoxy) is 1. The zero-order chi connectivity index (χ0) is 17.4. The minimum atomic E-state index is -1.69. The fraction of sp³-hybridized carbons (Fsp3) is 0.556. The molecule has 3 saturated carbocycles. The third-order valence-electron chi connectivity index (χ3n) is 4.97. The summed E-state index contributed by atoms with van der Waals surface area (Å²) in [6.45, 7) is 6.93. The minimum absolute atomic E-state index is 0.119. The Bertz CT molecular complexity index is 611. The third-order valence-corrected chi connectivity index (χ3v) is 4.97. The summed E-state index contributed by atoms with van der Waals surface area (Å²) in [7, 11) is 0. The van der Waals surface area contributed by atoms with Gasteiger partial charge in [0.05, 0.1) is 6.10 Å². The first-order valence-corrected chi connectivity index (χ1v) is 7.89. The van der Waals surface area contributed by atoms with Gasteiger partial charge in [-0.25, -0.2) is 0 Å². The summed E-state index contributed by atoms with van der Waals surface area (Å²) in [6, 6.07) is 0. The van der Waals surface area contributed by atoms with Gasteiger partial charge in [-0.15, -0.1) is 0 Å². The summed E-state index contributed by atoms with van der Waals surface area (Å²) in [5.41, 5.74) is -3.03. The van der Waals surface area contributed by atoms with Crippen molar-refractivity contribution in [2.24, 2.45) is 11.3 Å². The van der Waals surface area contributed by atoms with Gasteiger partial charge in [-0.05, 0) is 40.2 Å². The molecule has 0 aromatic rings. The number of allylic oxidation sites excluding steroid dienone is 4. The maximum atomic E-state index is 12.9. The Hall–Kier alpha value is -1.72. The van der Waals surface area contributed by atoms with E-state index in [1.54, 1.807) is 25.2 Å². The molecule has 0 amide bonds. The van der Waals surface area contributed by atoms with Crippen molar-refractivity contribution in [3.63, 3.8) is 0 Å². The molecule has 4 atom stereocenters. The quantitative estimate of drug-likeness (QED) is 0.359. The molecule has 1 unspecified atom stereocenters. The van der Waals surface area contributed by atoms with Gasteiger partial charge in [0.1, 0.15) is 16.8 Å². The Morgan fingerprint density at radius 2 is 2.00 bits per heavy atom. The van der Waals surface area contributed by atoms with E-state index in [1.807, 2.05) is 6.92 Å². The lowest BCUT2D eigenvalue weighted by Gasteiger charge is -2.54. The number of aliphatic hydroxyl groups excluding tert-OH is 1. The average Bonchev–Trinajstić information content (AvgIpc) is 2.49. The Kier molecular flexibility index (Phi) is 4.64. The number of ketones is 2. The van der Waals surface area contributed by atoms with Gasteiger partial charge in [0, 0.05) is 18.1 Å². The molecule has 2 N–H and O–H groups in total. The molecule has 0 aliphatic heterocycles. The lowest BCUT2D eigenvalue weighted by molar-refractivity contribution is -0.186. The predicted molar refractivity (Wildman–Crippen MR) is 85.9 cm³/mol. The molecule has 3 aliphatic carbocycles. The molecule has 0 spiro atoms. The number of aliphatic hydroxyl groups is 2. The Balaban J connectivity index is 2.57. The fourth-order valence-corrected chi connectivity index (χ4v) is 3.67. The summed E-state index contributed by atoms with van der Waals surface area (Å²) in [4.78, 5) is 25.6. The molecule has 3 aliphatic rings. The lowest BCUT2D eigenvalue weighted by Crippen LogP contribution is -2.69. The molecule has 3 fully saturated rings. The monoisotopic (exact) mass is 320 g/mol. The van der Waals surface area contributed by atoms with Crippen molar-refractivity contribution in [3.05, 3.63) is 35.6 Å². The van der Waals surface area contributed by atoms with Crippen molar-refractivity contribution < 1.29 is 24.5 Å². The number of Topliss-reactive ketones (excluding diaryl/α,β-unsaturated/α-hetero) is 2. The highest BCUT2D eigenvalue weighted by Crippen LogP contribution is 2.54. The van der Waals surface area contributed by atoms with Crippen LogP contribution in [0, 0.1) is 11.3 Å². The topological polar surface area (TPSA) is 83.8 Å². The van der Waals surface area contributed by atoms with Crippen molar-refractivity contribution in [1.29, 1.82) is 0 Å². The van der Waals surface area contributed by atoms with Crippen LogP contribution in [0.15, 0.2) is 35.6 Å². The van der Waals surface area contributed by atoms with Crippen LogP contribution in [-0.2, 0) is 14.3 Å². The first-order valence-electron chi connectivity index (χ1n) is 7.89. The zero-order valence-corrected chi connectivity index (χ0v) is 14.0. The van der Waals surface area contributed by atoms with Crippen molar-refractivity contribution >= 4 is 11.6 Å². The maximum absolute atomic E-state index is 12.9. The third kappa shape index (κ3) is 2.48. The normalized spacial score (nSPS) is 39.7. The standard InChI is InChI=1S/C18H24O5/c1-5-7-8-9-12(19)14-11-10-13(23-6-2)17(3,15(14)20)16(21)18(11,4)22/h5,7-9,11,13,19,22H,6,10H2,1-4H3/b7-5+,9-8+,14-12-/t11-,13?,17+,18+/m1/s1. The molecule has 5 heteroatoms. The van der Waals surface area contributed by atoms with E-state index in [0.717, 1.165) is 0 Å². The second-order valence-electron chi connectivity index (χ2n) is 6.42. The summed E-state index contributed by atoms with van der Waals surface area (Å²) in [5.74, 6) is -1.95. The number of hydrogen-bond acceptors (Lipinski definition) is 5. The van der Waals surface area contributed by atoms with Gasteiger partial charge in [0.25, 0.3) is 0 Å². The lowest BCUT2D eigenvalue weighted by atomic mass is 9.50. The Morgan fingerprint density at radius 1 is 1.35 bits per heavy atom. The first kappa shape index (κ1) is 17.6. The zero-order valence-electron chi connectivity index (χ0n) is 14.0. The molecule has 0 radical (unpaired) electrons. The Morgan fingerprint density at radius 3 is 2.57 bits per heavy atom. The van der Waals surface area contributed by atoms with E-state index < -0.39 is 34.6 Å². The van der Waals surface area contributed by atoms with Gasteiger partial charge >= 0.3 is 0 Å². The number of fused-ring (bicyclic) bond motifs is 3. The van der Waals surface area contributed by atoms with Crippen molar-refractivity contribution in [2.45, 2.75) is 45.8 Å². The molecule has 0 saturated heterocycles. The molecular formula is C18H24O5. The van der Waals surface area contributed by atoms with Crippen molar-refractivity contribution in [1.82, 2.24) is 0 Å². The molecular weight excluding hydrogens is 296 g/mol. The molecule has 2 bridgehead atoms. The van der Waals surface area contributed by atoms with Crippen LogP contribution in [0.25, 0.3) is 0 Å². The second kappa shape index (κ2) is 6.06. The molecule has 0 aromatic heterocycles. The number of rotatable bonds is 4. The first-order chi connectivity index (χ1) is 10.7. The molecule has 0 aromatic carbocycles. The van der Waals surface area contributed by atoms with Crippen LogP contribution in [0.1, 0.15) is 34.1 Å². The van der Waals surface area contributed by atoms with Crippen LogP contribution in [0.3, 0.4) is 0 Å². The minimum Gasteiger partial charge on any atom is -0.508 e. The molecule has 23 heavy (non-hydrogen) atoms. The number of hydrogen-bond donors (Lipinski definition) is 2. The molecule has 0 heterocycles. The highest BCUT2D eigenvalue weighted by molar-refractivity contribution is 6.21. The van der Waals surface area contributed by atoms with Crippen LogP contribution in [0.2, 0.25) is 0 Å². The van der Waals surface area contributed by atoms with Gasteiger partial charge < -0.3 is 14.9 Å². The SMILES string of the molecule is C/C=C/C=C/C(O)=C1/C(=O)[C@@]2(C)C(=O)[C@@](C)(O)[C@@H]1CC2OCC. The van der Waals surface area contributed by atoms with E-state index in [2.05, 4.69) is 0 Å². The van der Waals surface area contributed by atoms with Crippen LogP contribution in [0.5, 0.6) is 0 Å². The van der Waals surface area contributed by atoms with E-state index in [1.165, 1.54) is 19.9 Å². The van der Waals surface area contributed by atoms with E-state index in [0.29, 0.717) is 13.0 Å². The molecule has 126 valence electrons. The van der Waals surface area contributed by atoms with Gasteiger partial charge in [-0.1, -0.05) is 18.2 Å². The predicted octanol–water partition coefficient (Wildman–Crippen LogP) is 2.26. The molecule has 3 rings (SSSR count). The van der Waals surface area contributed by atoms with E-state index in [9.17, 15) is 19.8 Å². The fourth-order valence-electron chi connectivity index (χ4n) is 3.67. The van der Waals surface area contributed by atoms with Crippen molar-refractivity contribution in [3.8, 4) is 0 Å². The van der Waals surface area contributed by atoms with Crippen LogP contribution in [0.4, 0.5) is 0 Å². The van der Waals surface area contributed by atoms with Crippen LogP contribution < -0.4 is 0 Å². The van der Waals surface area contributed by atoms with Gasteiger partial charge in [0.2, 0.25) is 0 Å². The van der Waals surface area contributed by atoms with Crippen LogP contribution in [-0.4, -0.2) is 40.1 Å². The average molecular weight is 320 g/mol. The van der Waals surface area contributed by atoms with E-state index in [-0.39, 0.29) is 11.3 Å². The molecule has 5 nitrogen and oxygen atoms in total. The van der Waals surface area contributed by atoms with Crippen molar-refractivity contribution in [2.75, 3.05) is 6.61 Å². The van der Waals surface area contributed by atoms with E-state index in [4.69, 9.17) is 4.74 Å². The largest absolute Gasteiger partial charge is 0.508 e. The summed E-state index contributed by atoms with van der Waals surface area (Å²) < 4.78 is 5.59. The highest BCUT2D eigenvalue weighted by Gasteiger charge is 2.68. The van der Waals surface area contributed by atoms with Crippen LogP contribution >= 0.6 is 0 Å². The second-order valence-corrected chi connectivity index (χ2v) is 6.42. The summed E-state index contributed by atoms with van der Waals surface area (Å²) >= 11 is 0. The number of carbonyl (C=O) groups excluding carboxylic acids is 2. The highest BCUT2D eigenvalue weighted by atomic mass is 16.5. The smallest absolute Gasteiger partial charge is 0.180 e. The number of carbonyl (C=O) groups is 2. The summed E-state index contributed by atoms with van der Waals surface area (Å²) in [6.07, 6.45) is 6.27. The maximum Gasteiger partial charge on any atom is 0.180 e. The Labute approximate surface area is 136 Å². The van der Waals surface area contributed by atoms with E-state index >= 15 is 0 Å². The van der Waals surface area contributed by atoms with Gasteiger partial charge in [0.15, 0.2) is 11.6 Å². The van der Waals surface area contributed by atoms with Gasteiger partial charge in [-0.3, -0.25) is 9.59 Å². The summed E-state index contributed by atoms with van der Waals surface area (Å²) in [5, 5.41) is 21.0.